The Hall–Kier alpha value is -2.37. The monoisotopic (exact) mass is 291 g/mol. The van der Waals surface area contributed by atoms with Crippen molar-refractivity contribution in [3.05, 3.63) is 59.2 Å². The van der Waals surface area contributed by atoms with Crippen molar-refractivity contribution >= 4 is 5.91 Å². The number of rotatable bonds is 5. The molecule has 0 aliphatic carbocycles. The molecular formula is C15H15F2N3O. The van der Waals surface area contributed by atoms with Crippen LogP contribution in [0, 0.1) is 6.92 Å². The highest BCUT2D eigenvalue weighted by Gasteiger charge is 2.15. The zero-order chi connectivity index (χ0) is 15.2. The molecule has 0 saturated heterocycles. The van der Waals surface area contributed by atoms with Gasteiger partial charge in [-0.2, -0.15) is 0 Å². The normalized spacial score (nSPS) is 10.7. The van der Waals surface area contributed by atoms with Crippen LogP contribution >= 0.6 is 0 Å². The molecule has 0 fully saturated rings. The smallest absolute Gasteiger partial charge is 0.280 e. The molecule has 21 heavy (non-hydrogen) atoms. The fourth-order valence-electron chi connectivity index (χ4n) is 1.87. The molecule has 1 heterocycles. The number of alkyl halides is 2. The predicted molar refractivity (Wildman–Crippen MR) is 74.2 cm³/mol. The Bertz CT molecular complexity index is 618. The molecule has 0 atom stereocenters. The second kappa shape index (κ2) is 6.88. The van der Waals surface area contributed by atoms with Crippen molar-refractivity contribution in [2.75, 3.05) is 6.54 Å². The van der Waals surface area contributed by atoms with E-state index in [1.165, 1.54) is 6.92 Å². The van der Waals surface area contributed by atoms with Crippen molar-refractivity contribution in [3.63, 3.8) is 0 Å². The zero-order valence-corrected chi connectivity index (χ0v) is 11.5. The number of carbonyl (C=O) groups is 1. The number of amides is 1. The SMILES string of the molecule is Cc1nc(C(=O)NCCc2ccccc2)cc(C(F)F)n1. The second-order valence-electron chi connectivity index (χ2n) is 4.52. The highest BCUT2D eigenvalue weighted by atomic mass is 19.3. The quantitative estimate of drug-likeness (QED) is 0.921. The van der Waals surface area contributed by atoms with E-state index in [4.69, 9.17) is 0 Å². The molecule has 2 rings (SSSR count). The number of hydrogen-bond acceptors (Lipinski definition) is 3. The lowest BCUT2D eigenvalue weighted by Crippen LogP contribution is -2.27. The van der Waals surface area contributed by atoms with Crippen molar-refractivity contribution in [2.45, 2.75) is 19.8 Å². The Balaban J connectivity index is 1.97. The van der Waals surface area contributed by atoms with Gasteiger partial charge in [0.2, 0.25) is 0 Å². The third-order valence-corrected chi connectivity index (χ3v) is 2.86. The van der Waals surface area contributed by atoms with Gasteiger partial charge in [-0.05, 0) is 25.0 Å². The minimum Gasteiger partial charge on any atom is -0.350 e. The van der Waals surface area contributed by atoms with Gasteiger partial charge >= 0.3 is 0 Å². The summed E-state index contributed by atoms with van der Waals surface area (Å²) in [5.41, 5.74) is 0.617. The fourth-order valence-corrected chi connectivity index (χ4v) is 1.87. The minimum atomic E-state index is -2.72. The van der Waals surface area contributed by atoms with Gasteiger partial charge in [-0.25, -0.2) is 18.7 Å². The molecule has 6 heteroatoms. The summed E-state index contributed by atoms with van der Waals surface area (Å²) in [7, 11) is 0. The molecule has 0 bridgehead atoms. The Morgan fingerprint density at radius 3 is 2.62 bits per heavy atom. The summed E-state index contributed by atoms with van der Waals surface area (Å²) in [5.74, 6) is -0.320. The summed E-state index contributed by atoms with van der Waals surface area (Å²) < 4.78 is 25.3. The van der Waals surface area contributed by atoms with Crippen LogP contribution in [0.15, 0.2) is 36.4 Å². The summed E-state index contributed by atoms with van der Waals surface area (Å²) in [6, 6.07) is 10.7. The molecule has 0 spiro atoms. The molecule has 0 unspecified atom stereocenters. The molecule has 0 radical (unpaired) electrons. The van der Waals surface area contributed by atoms with Crippen molar-refractivity contribution in [1.29, 1.82) is 0 Å². The number of hydrogen-bond donors (Lipinski definition) is 1. The molecule has 1 aromatic heterocycles. The summed E-state index contributed by atoms with van der Waals surface area (Å²) >= 11 is 0. The van der Waals surface area contributed by atoms with Crippen LogP contribution < -0.4 is 5.32 Å². The first-order valence-electron chi connectivity index (χ1n) is 6.52. The van der Waals surface area contributed by atoms with E-state index in [1.807, 2.05) is 30.3 Å². The summed E-state index contributed by atoms with van der Waals surface area (Å²) in [5, 5.41) is 2.67. The van der Waals surface area contributed by atoms with E-state index in [0.29, 0.717) is 13.0 Å². The van der Waals surface area contributed by atoms with Gasteiger partial charge in [-0.3, -0.25) is 4.79 Å². The van der Waals surface area contributed by atoms with Gasteiger partial charge < -0.3 is 5.32 Å². The van der Waals surface area contributed by atoms with Gasteiger partial charge in [0.25, 0.3) is 12.3 Å². The van der Waals surface area contributed by atoms with Crippen LogP contribution in [0.2, 0.25) is 0 Å². The average molecular weight is 291 g/mol. The summed E-state index contributed by atoms with van der Waals surface area (Å²) in [6.45, 7) is 1.89. The minimum absolute atomic E-state index is 0.0362. The van der Waals surface area contributed by atoms with Crippen molar-refractivity contribution in [3.8, 4) is 0 Å². The van der Waals surface area contributed by atoms with Crippen molar-refractivity contribution < 1.29 is 13.6 Å². The molecule has 1 amide bonds. The van der Waals surface area contributed by atoms with Crippen LogP contribution in [0.25, 0.3) is 0 Å². The predicted octanol–water partition coefficient (Wildman–Crippen LogP) is 2.70. The lowest BCUT2D eigenvalue weighted by atomic mass is 10.1. The average Bonchev–Trinajstić information content (AvgIpc) is 2.47. The molecule has 1 N–H and O–H groups in total. The second-order valence-corrected chi connectivity index (χ2v) is 4.52. The molecule has 0 aliphatic heterocycles. The van der Waals surface area contributed by atoms with Gasteiger partial charge in [-0.1, -0.05) is 30.3 Å². The van der Waals surface area contributed by atoms with Gasteiger partial charge in [0.1, 0.15) is 17.2 Å². The number of aryl methyl sites for hydroxylation is 1. The fraction of sp³-hybridized carbons (Fsp3) is 0.267. The highest BCUT2D eigenvalue weighted by Crippen LogP contribution is 2.16. The van der Waals surface area contributed by atoms with E-state index in [1.54, 1.807) is 0 Å². The van der Waals surface area contributed by atoms with E-state index in [0.717, 1.165) is 11.6 Å². The van der Waals surface area contributed by atoms with E-state index < -0.39 is 18.0 Å². The highest BCUT2D eigenvalue weighted by molar-refractivity contribution is 5.92. The standard InChI is InChI=1S/C15H15F2N3O/c1-10-19-12(14(16)17)9-13(20-10)15(21)18-8-7-11-5-3-2-4-6-11/h2-6,9,14H,7-8H2,1H3,(H,18,21). The number of halogens is 2. The van der Waals surface area contributed by atoms with Gasteiger partial charge in [-0.15, -0.1) is 0 Å². The van der Waals surface area contributed by atoms with Crippen molar-refractivity contribution in [2.24, 2.45) is 0 Å². The summed E-state index contributed by atoms with van der Waals surface area (Å²) in [6.07, 6.45) is -2.05. The Morgan fingerprint density at radius 1 is 1.24 bits per heavy atom. The topological polar surface area (TPSA) is 54.9 Å². The first-order chi connectivity index (χ1) is 10.1. The number of aromatic nitrogens is 2. The maximum Gasteiger partial charge on any atom is 0.280 e. The molecular weight excluding hydrogens is 276 g/mol. The number of benzene rings is 1. The number of carbonyl (C=O) groups excluding carboxylic acids is 1. The zero-order valence-electron chi connectivity index (χ0n) is 11.5. The van der Waals surface area contributed by atoms with Crippen LogP contribution in [0.1, 0.15) is 34.0 Å². The van der Waals surface area contributed by atoms with Crippen LogP contribution in [0.3, 0.4) is 0 Å². The van der Waals surface area contributed by atoms with Gasteiger partial charge in [0, 0.05) is 6.54 Å². The Morgan fingerprint density at radius 2 is 1.95 bits per heavy atom. The first kappa shape index (κ1) is 15.0. The molecule has 0 saturated carbocycles. The lowest BCUT2D eigenvalue weighted by molar-refractivity contribution is 0.0947. The number of nitrogens with zero attached hydrogens (tertiary/aromatic N) is 2. The third-order valence-electron chi connectivity index (χ3n) is 2.86. The molecule has 4 nitrogen and oxygen atoms in total. The molecule has 0 aliphatic rings. The van der Waals surface area contributed by atoms with E-state index in [2.05, 4.69) is 15.3 Å². The van der Waals surface area contributed by atoms with Crippen LogP contribution in [0.5, 0.6) is 0 Å². The Labute approximate surface area is 121 Å². The van der Waals surface area contributed by atoms with Crippen LogP contribution in [-0.2, 0) is 6.42 Å². The lowest BCUT2D eigenvalue weighted by Gasteiger charge is -2.07. The largest absolute Gasteiger partial charge is 0.350 e. The Kier molecular flexibility index (Phi) is 4.92. The molecule has 2 aromatic rings. The third kappa shape index (κ3) is 4.30. The van der Waals surface area contributed by atoms with E-state index >= 15 is 0 Å². The molecule has 110 valence electrons. The first-order valence-corrected chi connectivity index (χ1v) is 6.52. The molecule has 1 aromatic carbocycles. The maximum absolute atomic E-state index is 12.6. The number of nitrogens with one attached hydrogen (secondary N) is 1. The van der Waals surface area contributed by atoms with Gasteiger partial charge in [0.05, 0.1) is 0 Å². The van der Waals surface area contributed by atoms with E-state index in [-0.39, 0.29) is 11.5 Å². The van der Waals surface area contributed by atoms with Crippen LogP contribution in [0.4, 0.5) is 8.78 Å². The van der Waals surface area contributed by atoms with Crippen LogP contribution in [-0.4, -0.2) is 22.4 Å². The summed E-state index contributed by atoms with van der Waals surface area (Å²) in [4.78, 5) is 19.4. The maximum atomic E-state index is 12.6. The van der Waals surface area contributed by atoms with Gasteiger partial charge in [0.15, 0.2) is 0 Å². The van der Waals surface area contributed by atoms with Crippen molar-refractivity contribution in [1.82, 2.24) is 15.3 Å². The van der Waals surface area contributed by atoms with E-state index in [9.17, 15) is 13.6 Å².